The van der Waals surface area contributed by atoms with Crippen LogP contribution in [0.4, 0.5) is 4.39 Å². The van der Waals surface area contributed by atoms with Crippen molar-refractivity contribution in [1.29, 1.82) is 0 Å². The van der Waals surface area contributed by atoms with E-state index in [9.17, 15) is 19.4 Å². The van der Waals surface area contributed by atoms with Gasteiger partial charge in [-0.05, 0) is 6.07 Å². The number of methoxy groups -OCH3 is 1. The lowest BCUT2D eigenvalue weighted by molar-refractivity contribution is -0.0169. The van der Waals surface area contributed by atoms with Crippen LogP contribution in [-0.4, -0.2) is 41.1 Å². The molecule has 0 saturated heterocycles. The van der Waals surface area contributed by atoms with Crippen LogP contribution in [-0.2, 0) is 4.74 Å². The van der Waals surface area contributed by atoms with Crippen LogP contribution >= 0.6 is 0 Å². The minimum atomic E-state index is -1.61. The van der Waals surface area contributed by atoms with Gasteiger partial charge in [0.1, 0.15) is 18.0 Å². The highest BCUT2D eigenvalue weighted by Crippen LogP contribution is 2.23. The number of benzene rings is 1. The predicted octanol–water partition coefficient (Wildman–Crippen LogP) is -0.00110. The summed E-state index contributed by atoms with van der Waals surface area (Å²) in [5, 5.41) is 27.4. The molecule has 6 heteroatoms. The Bertz CT molecular complexity index is 407. The molecule has 0 fully saturated rings. The Kier molecular flexibility index (Phi) is 4.56. The summed E-state index contributed by atoms with van der Waals surface area (Å²) in [5.74, 6) is -1.85. The molecule has 0 saturated carbocycles. The molecule has 0 heterocycles. The van der Waals surface area contributed by atoms with Crippen molar-refractivity contribution < 1.29 is 29.2 Å². The first kappa shape index (κ1) is 13.6. The molecule has 0 aliphatic carbocycles. The first-order chi connectivity index (χ1) is 8.02. The molecule has 0 amide bonds. The van der Waals surface area contributed by atoms with Gasteiger partial charge in [0.05, 0.1) is 19.3 Å². The van der Waals surface area contributed by atoms with E-state index in [1.54, 1.807) is 0 Å². The SMILES string of the molecule is COC(=O)c1cccc(C(O)C(O)CO)c1F. The standard InChI is InChI=1S/C11H13FO5/c1-17-11(16)7-4-2-3-6(9(7)12)10(15)8(14)5-13/h2-4,8,10,13-15H,5H2,1H3. The van der Waals surface area contributed by atoms with Gasteiger partial charge in [-0.25, -0.2) is 9.18 Å². The Morgan fingerprint density at radius 1 is 1.47 bits per heavy atom. The van der Waals surface area contributed by atoms with Crippen molar-refractivity contribution in [3.8, 4) is 0 Å². The van der Waals surface area contributed by atoms with E-state index in [1.165, 1.54) is 18.2 Å². The zero-order valence-corrected chi connectivity index (χ0v) is 9.13. The number of rotatable bonds is 4. The monoisotopic (exact) mass is 244 g/mol. The van der Waals surface area contributed by atoms with E-state index in [1.807, 2.05) is 0 Å². The third-order valence-electron chi connectivity index (χ3n) is 2.30. The van der Waals surface area contributed by atoms with Gasteiger partial charge in [0, 0.05) is 5.56 Å². The molecule has 1 aromatic rings. The van der Waals surface area contributed by atoms with Gasteiger partial charge in [0.25, 0.3) is 0 Å². The molecule has 1 rings (SSSR count). The summed E-state index contributed by atoms with van der Waals surface area (Å²) < 4.78 is 18.2. The fourth-order valence-corrected chi connectivity index (χ4v) is 1.35. The average Bonchev–Trinajstić information content (AvgIpc) is 2.36. The molecule has 0 spiro atoms. The van der Waals surface area contributed by atoms with Crippen molar-refractivity contribution in [3.05, 3.63) is 35.1 Å². The van der Waals surface area contributed by atoms with Crippen LogP contribution in [0.3, 0.4) is 0 Å². The maximum absolute atomic E-state index is 13.8. The quantitative estimate of drug-likeness (QED) is 0.649. The highest BCUT2D eigenvalue weighted by molar-refractivity contribution is 5.89. The molecule has 0 radical (unpaired) electrons. The van der Waals surface area contributed by atoms with Crippen LogP contribution in [0.1, 0.15) is 22.0 Å². The second-order valence-electron chi connectivity index (χ2n) is 3.40. The summed E-state index contributed by atoms with van der Waals surface area (Å²) in [6, 6.07) is 3.76. The van der Waals surface area contributed by atoms with Gasteiger partial charge in [-0.2, -0.15) is 0 Å². The first-order valence-corrected chi connectivity index (χ1v) is 4.86. The highest BCUT2D eigenvalue weighted by Gasteiger charge is 2.24. The van der Waals surface area contributed by atoms with Gasteiger partial charge < -0.3 is 20.1 Å². The molecule has 17 heavy (non-hydrogen) atoms. The lowest BCUT2D eigenvalue weighted by Gasteiger charge is -2.17. The largest absolute Gasteiger partial charge is 0.465 e. The molecule has 0 aliphatic heterocycles. The lowest BCUT2D eigenvalue weighted by atomic mass is 10.0. The molecule has 94 valence electrons. The van der Waals surface area contributed by atoms with E-state index in [0.717, 1.165) is 7.11 Å². The summed E-state index contributed by atoms with van der Waals surface area (Å²) in [6.45, 7) is -0.719. The molecule has 1 aromatic carbocycles. The third-order valence-corrected chi connectivity index (χ3v) is 2.30. The molecule has 0 bridgehead atoms. The van der Waals surface area contributed by atoms with Crippen LogP contribution in [0.25, 0.3) is 0 Å². The Balaban J connectivity index is 3.14. The number of carbonyl (C=O) groups excluding carboxylic acids is 1. The summed E-state index contributed by atoms with van der Waals surface area (Å²) in [4.78, 5) is 11.2. The molecule has 5 nitrogen and oxygen atoms in total. The zero-order chi connectivity index (χ0) is 13.0. The number of carbonyl (C=O) groups is 1. The third kappa shape index (κ3) is 2.79. The molecule has 2 atom stereocenters. The minimum absolute atomic E-state index is 0.269. The molecule has 0 aromatic heterocycles. The topological polar surface area (TPSA) is 87.0 Å². The van der Waals surface area contributed by atoms with Gasteiger partial charge in [0.15, 0.2) is 0 Å². The maximum Gasteiger partial charge on any atom is 0.340 e. The summed E-state index contributed by atoms with van der Waals surface area (Å²) in [5.41, 5.74) is -0.608. The van der Waals surface area contributed by atoms with Crippen molar-refractivity contribution in [3.63, 3.8) is 0 Å². The van der Waals surface area contributed by atoms with E-state index in [4.69, 9.17) is 5.11 Å². The van der Waals surface area contributed by atoms with Crippen molar-refractivity contribution in [2.75, 3.05) is 13.7 Å². The van der Waals surface area contributed by atoms with Crippen LogP contribution in [0.15, 0.2) is 18.2 Å². The molecule has 3 N–H and O–H groups in total. The van der Waals surface area contributed by atoms with Gasteiger partial charge in [-0.15, -0.1) is 0 Å². The lowest BCUT2D eigenvalue weighted by Crippen LogP contribution is -2.23. The Morgan fingerprint density at radius 2 is 2.12 bits per heavy atom. The van der Waals surface area contributed by atoms with Crippen molar-refractivity contribution in [2.45, 2.75) is 12.2 Å². The van der Waals surface area contributed by atoms with Crippen LogP contribution < -0.4 is 0 Å². The smallest absolute Gasteiger partial charge is 0.340 e. The number of esters is 1. The summed E-state index contributed by atoms with van der Waals surface area (Å²) in [6.07, 6.45) is -3.12. The molecular formula is C11H13FO5. The molecule has 0 aliphatic rings. The van der Waals surface area contributed by atoms with Crippen LogP contribution in [0.2, 0.25) is 0 Å². The zero-order valence-electron chi connectivity index (χ0n) is 9.13. The van der Waals surface area contributed by atoms with Gasteiger partial charge in [-0.1, -0.05) is 12.1 Å². The fraction of sp³-hybridized carbons (Fsp3) is 0.364. The molecular weight excluding hydrogens is 231 g/mol. The van der Waals surface area contributed by atoms with E-state index in [0.29, 0.717) is 0 Å². The van der Waals surface area contributed by atoms with E-state index in [-0.39, 0.29) is 11.1 Å². The Labute approximate surface area is 97.1 Å². The van der Waals surface area contributed by atoms with Gasteiger partial charge >= 0.3 is 5.97 Å². The second-order valence-corrected chi connectivity index (χ2v) is 3.40. The summed E-state index contributed by atoms with van der Waals surface area (Å²) >= 11 is 0. The summed E-state index contributed by atoms with van der Waals surface area (Å²) in [7, 11) is 1.10. The maximum atomic E-state index is 13.8. The average molecular weight is 244 g/mol. The second kappa shape index (κ2) is 5.72. The molecule has 2 unspecified atom stereocenters. The number of ether oxygens (including phenoxy) is 1. The van der Waals surface area contributed by atoms with E-state index >= 15 is 0 Å². The normalized spacial score (nSPS) is 14.2. The first-order valence-electron chi connectivity index (χ1n) is 4.86. The minimum Gasteiger partial charge on any atom is -0.465 e. The van der Waals surface area contributed by atoms with Gasteiger partial charge in [0.2, 0.25) is 0 Å². The highest BCUT2D eigenvalue weighted by atomic mass is 19.1. The van der Waals surface area contributed by atoms with Crippen LogP contribution in [0.5, 0.6) is 0 Å². The number of aliphatic hydroxyl groups excluding tert-OH is 3. The van der Waals surface area contributed by atoms with Gasteiger partial charge in [-0.3, -0.25) is 0 Å². The Morgan fingerprint density at radius 3 is 2.65 bits per heavy atom. The Hall–Kier alpha value is -1.50. The number of hydrogen-bond acceptors (Lipinski definition) is 5. The van der Waals surface area contributed by atoms with E-state index < -0.39 is 30.6 Å². The van der Waals surface area contributed by atoms with Crippen molar-refractivity contribution >= 4 is 5.97 Å². The van der Waals surface area contributed by atoms with Crippen molar-refractivity contribution in [2.24, 2.45) is 0 Å². The van der Waals surface area contributed by atoms with Crippen LogP contribution in [0, 0.1) is 5.82 Å². The fourth-order valence-electron chi connectivity index (χ4n) is 1.35. The number of aliphatic hydroxyl groups is 3. The van der Waals surface area contributed by atoms with E-state index in [2.05, 4.69) is 4.74 Å². The number of halogens is 1. The number of hydrogen-bond donors (Lipinski definition) is 3. The predicted molar refractivity (Wildman–Crippen MR) is 55.8 cm³/mol. The van der Waals surface area contributed by atoms with Crippen molar-refractivity contribution in [1.82, 2.24) is 0 Å².